The molecule has 0 atom stereocenters. The molecule has 1 N–H and O–H groups in total. The van der Waals surface area contributed by atoms with Crippen molar-refractivity contribution in [3.05, 3.63) is 33.9 Å². The normalized spacial score (nSPS) is 15.7. The second-order valence-corrected chi connectivity index (χ2v) is 5.20. The Morgan fingerprint density at radius 3 is 2.71 bits per heavy atom. The van der Waals surface area contributed by atoms with Crippen molar-refractivity contribution in [2.45, 2.75) is 12.8 Å². The molecule has 1 heterocycles. The highest BCUT2D eigenvalue weighted by molar-refractivity contribution is 5.89. The largest absolute Gasteiger partial charge is 0.478 e. The second-order valence-electron chi connectivity index (χ2n) is 5.20. The predicted octanol–water partition coefficient (Wildman–Crippen LogP) is 2.16. The minimum absolute atomic E-state index is 0.0788. The minimum atomic E-state index is -1.17. The summed E-state index contributed by atoms with van der Waals surface area (Å²) in [5.74, 6) is -0.737. The van der Waals surface area contributed by atoms with E-state index in [9.17, 15) is 14.9 Å². The summed E-state index contributed by atoms with van der Waals surface area (Å²) < 4.78 is 5.30. The molecule has 0 radical (unpaired) electrons. The highest BCUT2D eigenvalue weighted by Gasteiger charge is 2.22. The molecule has 0 bridgehead atoms. The van der Waals surface area contributed by atoms with Crippen LogP contribution in [0.25, 0.3) is 0 Å². The summed E-state index contributed by atoms with van der Waals surface area (Å²) in [6.45, 7) is 2.13. The molecule has 0 spiro atoms. The number of nitro groups is 1. The number of benzene rings is 1. The van der Waals surface area contributed by atoms with E-state index in [4.69, 9.17) is 9.84 Å². The average Bonchev–Trinajstić information content (AvgIpc) is 2.47. The smallest absolute Gasteiger partial charge is 0.335 e. The molecule has 1 aliphatic rings. The number of nitrogens with zero attached hydrogens (tertiary/aromatic N) is 2. The predicted molar refractivity (Wildman–Crippen MR) is 76.9 cm³/mol. The van der Waals surface area contributed by atoms with Crippen molar-refractivity contribution < 1.29 is 19.6 Å². The van der Waals surface area contributed by atoms with E-state index in [1.54, 1.807) is 7.05 Å². The highest BCUT2D eigenvalue weighted by Crippen LogP contribution is 2.30. The van der Waals surface area contributed by atoms with Crippen molar-refractivity contribution in [3.8, 4) is 0 Å². The Balaban J connectivity index is 2.20. The van der Waals surface area contributed by atoms with Crippen molar-refractivity contribution in [1.82, 2.24) is 0 Å². The van der Waals surface area contributed by atoms with E-state index in [0.29, 0.717) is 18.2 Å². The summed E-state index contributed by atoms with van der Waals surface area (Å²) in [5, 5.41) is 20.1. The molecule has 7 nitrogen and oxygen atoms in total. The molecule has 1 fully saturated rings. The number of rotatable bonds is 5. The van der Waals surface area contributed by atoms with Gasteiger partial charge in [0.15, 0.2) is 0 Å². The van der Waals surface area contributed by atoms with Crippen molar-refractivity contribution in [2.24, 2.45) is 5.92 Å². The molecule has 0 saturated carbocycles. The topological polar surface area (TPSA) is 92.9 Å². The zero-order valence-corrected chi connectivity index (χ0v) is 11.8. The SMILES string of the molecule is CN(CC1CCOCC1)c1ccc(C(=O)O)cc1[N+](=O)[O-]. The van der Waals surface area contributed by atoms with Gasteiger partial charge in [-0.2, -0.15) is 0 Å². The van der Waals surface area contributed by atoms with Gasteiger partial charge in [0.25, 0.3) is 5.69 Å². The lowest BCUT2D eigenvalue weighted by Gasteiger charge is -2.28. The third-order valence-corrected chi connectivity index (χ3v) is 3.70. The molecule has 2 rings (SSSR count). The van der Waals surface area contributed by atoms with E-state index in [1.165, 1.54) is 12.1 Å². The minimum Gasteiger partial charge on any atom is -0.478 e. The summed E-state index contributed by atoms with van der Waals surface area (Å²) in [6.07, 6.45) is 1.87. The molecule has 0 aliphatic carbocycles. The fraction of sp³-hybridized carbons (Fsp3) is 0.500. The van der Waals surface area contributed by atoms with Crippen LogP contribution in [-0.4, -0.2) is 42.8 Å². The van der Waals surface area contributed by atoms with Crippen LogP contribution in [0.3, 0.4) is 0 Å². The summed E-state index contributed by atoms with van der Waals surface area (Å²) >= 11 is 0. The fourth-order valence-corrected chi connectivity index (χ4v) is 2.54. The Bertz CT molecular complexity index is 540. The first-order valence-corrected chi connectivity index (χ1v) is 6.79. The Kier molecular flexibility index (Phi) is 4.74. The number of ether oxygens (including phenoxy) is 1. The van der Waals surface area contributed by atoms with Crippen LogP contribution in [0.1, 0.15) is 23.2 Å². The van der Waals surface area contributed by atoms with Crippen LogP contribution in [0.15, 0.2) is 18.2 Å². The van der Waals surface area contributed by atoms with E-state index in [-0.39, 0.29) is 11.3 Å². The Morgan fingerprint density at radius 2 is 2.14 bits per heavy atom. The molecule has 1 aliphatic heterocycles. The van der Waals surface area contributed by atoms with Gasteiger partial charge in [0.05, 0.1) is 10.5 Å². The zero-order valence-electron chi connectivity index (χ0n) is 11.8. The van der Waals surface area contributed by atoms with Gasteiger partial charge in [-0.15, -0.1) is 0 Å². The summed E-state index contributed by atoms with van der Waals surface area (Å²) in [7, 11) is 1.79. The number of aromatic carboxylic acids is 1. The van der Waals surface area contributed by atoms with Crippen LogP contribution in [0.4, 0.5) is 11.4 Å². The van der Waals surface area contributed by atoms with Gasteiger partial charge in [0.2, 0.25) is 0 Å². The molecule has 0 unspecified atom stereocenters. The first kappa shape index (κ1) is 15.2. The Labute approximate surface area is 122 Å². The molecule has 1 saturated heterocycles. The molecule has 1 aromatic carbocycles. The molecule has 114 valence electrons. The van der Waals surface area contributed by atoms with Crippen LogP contribution in [-0.2, 0) is 4.74 Å². The molecule has 21 heavy (non-hydrogen) atoms. The first-order valence-electron chi connectivity index (χ1n) is 6.79. The van der Waals surface area contributed by atoms with Gasteiger partial charge >= 0.3 is 5.97 Å². The van der Waals surface area contributed by atoms with Crippen molar-refractivity contribution in [1.29, 1.82) is 0 Å². The monoisotopic (exact) mass is 294 g/mol. The second kappa shape index (κ2) is 6.53. The van der Waals surface area contributed by atoms with Crippen LogP contribution >= 0.6 is 0 Å². The molecular weight excluding hydrogens is 276 g/mol. The molecule has 0 amide bonds. The van der Waals surface area contributed by atoms with Crippen molar-refractivity contribution in [3.63, 3.8) is 0 Å². The molecule has 0 aromatic heterocycles. The van der Waals surface area contributed by atoms with E-state index in [2.05, 4.69) is 0 Å². The fourth-order valence-electron chi connectivity index (χ4n) is 2.54. The quantitative estimate of drug-likeness (QED) is 0.660. The maximum absolute atomic E-state index is 11.2. The summed E-state index contributed by atoms with van der Waals surface area (Å²) in [4.78, 5) is 23.4. The van der Waals surface area contributed by atoms with E-state index < -0.39 is 10.9 Å². The van der Waals surface area contributed by atoms with Crippen LogP contribution in [0, 0.1) is 16.0 Å². The van der Waals surface area contributed by atoms with Gasteiger partial charge in [0, 0.05) is 32.9 Å². The molecular formula is C14H18N2O5. The first-order chi connectivity index (χ1) is 9.99. The lowest BCUT2D eigenvalue weighted by molar-refractivity contribution is -0.384. The number of anilines is 1. The number of hydrogen-bond donors (Lipinski definition) is 1. The van der Waals surface area contributed by atoms with Crippen LogP contribution < -0.4 is 4.90 Å². The van der Waals surface area contributed by atoms with Crippen molar-refractivity contribution >= 4 is 17.3 Å². The maximum atomic E-state index is 11.2. The Hall–Kier alpha value is -2.15. The van der Waals surface area contributed by atoms with Crippen LogP contribution in [0.5, 0.6) is 0 Å². The highest BCUT2D eigenvalue weighted by atomic mass is 16.6. The van der Waals surface area contributed by atoms with E-state index >= 15 is 0 Å². The van der Waals surface area contributed by atoms with Crippen molar-refractivity contribution in [2.75, 3.05) is 31.7 Å². The number of carboxylic acids is 1. The summed E-state index contributed by atoms with van der Waals surface area (Å²) in [6, 6.07) is 4.00. The lowest BCUT2D eigenvalue weighted by Crippen LogP contribution is -2.30. The van der Waals surface area contributed by atoms with Gasteiger partial charge in [-0.25, -0.2) is 4.79 Å². The number of hydrogen-bond acceptors (Lipinski definition) is 5. The lowest BCUT2D eigenvalue weighted by atomic mass is 9.99. The van der Waals surface area contributed by atoms with Gasteiger partial charge in [-0.1, -0.05) is 0 Å². The maximum Gasteiger partial charge on any atom is 0.335 e. The third-order valence-electron chi connectivity index (χ3n) is 3.70. The standard InChI is InChI=1S/C14H18N2O5/c1-15(9-10-4-6-21-7-5-10)12-3-2-11(14(17)18)8-13(12)16(19)20/h2-3,8,10H,4-7,9H2,1H3,(H,17,18). The molecule has 1 aromatic rings. The van der Waals surface area contributed by atoms with E-state index in [1.807, 2.05) is 4.90 Å². The van der Waals surface area contributed by atoms with Gasteiger partial charge in [0.1, 0.15) is 5.69 Å². The van der Waals surface area contributed by atoms with E-state index in [0.717, 1.165) is 32.1 Å². The molecule has 7 heteroatoms. The Morgan fingerprint density at radius 1 is 1.48 bits per heavy atom. The van der Waals surface area contributed by atoms with Crippen LogP contribution in [0.2, 0.25) is 0 Å². The average molecular weight is 294 g/mol. The van der Waals surface area contributed by atoms with Gasteiger partial charge in [-0.3, -0.25) is 10.1 Å². The zero-order chi connectivity index (χ0) is 15.4. The number of carbonyl (C=O) groups is 1. The summed E-state index contributed by atoms with van der Waals surface area (Å²) in [5.41, 5.74) is 0.186. The van der Waals surface area contributed by atoms with Gasteiger partial charge in [-0.05, 0) is 30.9 Å². The number of nitro benzene ring substituents is 1. The third kappa shape index (κ3) is 3.69. The number of carboxylic acid groups (broad SMARTS) is 1. The van der Waals surface area contributed by atoms with Gasteiger partial charge < -0.3 is 14.7 Å².